The number of hydrogen-bond acceptors (Lipinski definition) is 6. The van der Waals surface area contributed by atoms with Gasteiger partial charge in [0, 0.05) is 36.3 Å². The fraction of sp³-hybridized carbons (Fsp3) is 1.00. The molecule has 144 valence electrons. The second-order valence-corrected chi connectivity index (χ2v) is 5.97. The standard InChI is InChI=1S/2C6H15N3.2Cu.2H2O/c2*7-4-1-5(8)3-6(9)2-4;;;;/h2*4-6H,1-3,7-9H2;;;2*1H2/q;;2*+1;;. The van der Waals surface area contributed by atoms with Crippen molar-refractivity contribution in [1.29, 1.82) is 0 Å². The van der Waals surface area contributed by atoms with Crippen molar-refractivity contribution >= 4 is 0 Å². The molecular weight excluding hydrogens is 387 g/mol. The van der Waals surface area contributed by atoms with Crippen molar-refractivity contribution in [1.82, 2.24) is 0 Å². The van der Waals surface area contributed by atoms with E-state index in [0.29, 0.717) is 0 Å². The Labute approximate surface area is 154 Å². The molecule has 0 amide bonds. The van der Waals surface area contributed by atoms with Crippen molar-refractivity contribution in [2.75, 3.05) is 0 Å². The molecule has 0 aromatic rings. The van der Waals surface area contributed by atoms with Crippen LogP contribution in [0, 0.1) is 0 Å². The molecule has 2 rings (SSSR count). The molecule has 2 saturated carbocycles. The average molecular weight is 422 g/mol. The van der Waals surface area contributed by atoms with Gasteiger partial charge in [-0.15, -0.1) is 0 Å². The van der Waals surface area contributed by atoms with E-state index in [9.17, 15) is 0 Å². The van der Waals surface area contributed by atoms with Crippen LogP contribution in [0.1, 0.15) is 38.5 Å². The van der Waals surface area contributed by atoms with Crippen LogP contribution in [-0.2, 0) is 34.1 Å². The number of hydrogen-bond donors (Lipinski definition) is 6. The molecule has 0 spiro atoms. The SMILES string of the molecule is NC1CC(N)CC(N)C1.NC1CC(N)CC(N)C1.O.O.[Cu+].[Cu+]. The fourth-order valence-corrected chi connectivity index (χ4v) is 2.91. The van der Waals surface area contributed by atoms with Crippen molar-refractivity contribution in [2.24, 2.45) is 34.4 Å². The maximum atomic E-state index is 5.66. The van der Waals surface area contributed by atoms with Gasteiger partial charge in [-0.05, 0) is 38.5 Å². The Kier molecular flexibility index (Phi) is 21.2. The van der Waals surface area contributed by atoms with Gasteiger partial charge in [-0.2, -0.15) is 0 Å². The Morgan fingerprint density at radius 2 is 0.455 bits per heavy atom. The molecule has 0 saturated heterocycles. The van der Waals surface area contributed by atoms with Gasteiger partial charge in [0.2, 0.25) is 0 Å². The molecule has 2 aliphatic carbocycles. The maximum absolute atomic E-state index is 5.66. The van der Waals surface area contributed by atoms with Crippen LogP contribution in [0.3, 0.4) is 0 Å². The quantitative estimate of drug-likeness (QED) is 0.219. The van der Waals surface area contributed by atoms with E-state index >= 15 is 0 Å². The first-order chi connectivity index (χ1) is 8.36. The van der Waals surface area contributed by atoms with Crippen LogP contribution in [0.2, 0.25) is 0 Å². The van der Waals surface area contributed by atoms with Gasteiger partial charge in [0.05, 0.1) is 0 Å². The molecule has 2 fully saturated rings. The van der Waals surface area contributed by atoms with Gasteiger partial charge in [0.15, 0.2) is 0 Å². The summed E-state index contributed by atoms with van der Waals surface area (Å²) in [4.78, 5) is 0. The molecule has 2 aliphatic rings. The van der Waals surface area contributed by atoms with Crippen LogP contribution in [-0.4, -0.2) is 47.2 Å². The van der Waals surface area contributed by atoms with E-state index in [4.69, 9.17) is 34.4 Å². The van der Waals surface area contributed by atoms with E-state index in [1.54, 1.807) is 0 Å². The monoisotopic (exact) mass is 420 g/mol. The van der Waals surface area contributed by atoms with Crippen LogP contribution >= 0.6 is 0 Å². The summed E-state index contributed by atoms with van der Waals surface area (Å²) in [5, 5.41) is 0. The maximum Gasteiger partial charge on any atom is 1.00 e. The zero-order chi connectivity index (χ0) is 13.7. The molecule has 16 N–H and O–H groups in total. The zero-order valence-electron chi connectivity index (χ0n) is 12.8. The van der Waals surface area contributed by atoms with Gasteiger partial charge < -0.3 is 45.4 Å². The minimum atomic E-state index is 0. The van der Waals surface area contributed by atoms with Crippen LogP contribution < -0.4 is 34.4 Å². The minimum absolute atomic E-state index is 0. The third-order valence-electron chi connectivity index (χ3n) is 3.63. The Morgan fingerprint density at radius 1 is 0.364 bits per heavy atom. The first-order valence-electron chi connectivity index (χ1n) is 6.90. The molecule has 0 atom stereocenters. The average Bonchev–Trinajstić information content (AvgIpc) is 2.12. The van der Waals surface area contributed by atoms with Crippen molar-refractivity contribution in [3.63, 3.8) is 0 Å². The van der Waals surface area contributed by atoms with Crippen molar-refractivity contribution in [3.8, 4) is 0 Å². The van der Waals surface area contributed by atoms with Crippen molar-refractivity contribution in [2.45, 2.75) is 74.8 Å². The largest absolute Gasteiger partial charge is 1.00 e. The molecule has 0 unspecified atom stereocenters. The fourth-order valence-electron chi connectivity index (χ4n) is 2.91. The van der Waals surface area contributed by atoms with E-state index in [2.05, 4.69) is 0 Å². The van der Waals surface area contributed by atoms with Crippen LogP contribution in [0.5, 0.6) is 0 Å². The topological polar surface area (TPSA) is 219 Å². The molecule has 0 radical (unpaired) electrons. The van der Waals surface area contributed by atoms with Crippen LogP contribution in [0.25, 0.3) is 0 Å². The van der Waals surface area contributed by atoms with E-state index in [1.165, 1.54) is 0 Å². The summed E-state index contributed by atoms with van der Waals surface area (Å²) < 4.78 is 0. The van der Waals surface area contributed by atoms with Gasteiger partial charge in [-0.3, -0.25) is 0 Å². The summed E-state index contributed by atoms with van der Waals surface area (Å²) >= 11 is 0. The zero-order valence-corrected chi connectivity index (χ0v) is 14.7. The first kappa shape index (κ1) is 30.6. The summed E-state index contributed by atoms with van der Waals surface area (Å²) in [6.45, 7) is 0. The van der Waals surface area contributed by atoms with Crippen molar-refractivity contribution < 1.29 is 45.1 Å². The first-order valence-corrected chi connectivity index (χ1v) is 6.90. The normalized spacial score (nSPS) is 36.8. The summed E-state index contributed by atoms with van der Waals surface area (Å²) in [6.07, 6.45) is 5.63. The molecule has 8 nitrogen and oxygen atoms in total. The summed E-state index contributed by atoms with van der Waals surface area (Å²) in [5.41, 5.74) is 33.9. The smallest absolute Gasteiger partial charge is 0.412 e. The summed E-state index contributed by atoms with van der Waals surface area (Å²) in [5.74, 6) is 0. The molecule has 0 aliphatic heterocycles. The molecule has 0 aromatic heterocycles. The van der Waals surface area contributed by atoms with Gasteiger partial charge in [0.25, 0.3) is 0 Å². The van der Waals surface area contributed by atoms with Gasteiger partial charge >= 0.3 is 34.1 Å². The predicted octanol–water partition coefficient (Wildman–Crippen LogP) is -3.35. The Hall–Kier alpha value is 0.719. The molecule has 0 bridgehead atoms. The Morgan fingerprint density at radius 3 is 0.545 bits per heavy atom. The van der Waals surface area contributed by atoms with E-state index in [-0.39, 0.29) is 81.3 Å². The van der Waals surface area contributed by atoms with Gasteiger partial charge in [-0.1, -0.05) is 0 Å². The Bertz CT molecular complexity index is 182. The minimum Gasteiger partial charge on any atom is -0.412 e. The van der Waals surface area contributed by atoms with E-state index < -0.39 is 0 Å². The third kappa shape index (κ3) is 13.2. The van der Waals surface area contributed by atoms with Crippen molar-refractivity contribution in [3.05, 3.63) is 0 Å². The molecule has 0 heterocycles. The van der Waals surface area contributed by atoms with E-state index in [1.807, 2.05) is 0 Å². The third-order valence-corrected chi connectivity index (χ3v) is 3.63. The predicted molar refractivity (Wildman–Crippen MR) is 82.8 cm³/mol. The molecular formula is C12H34Cu2N6O2+2. The van der Waals surface area contributed by atoms with Crippen LogP contribution in [0.4, 0.5) is 0 Å². The van der Waals surface area contributed by atoms with E-state index in [0.717, 1.165) is 38.5 Å². The second-order valence-electron chi connectivity index (χ2n) is 5.97. The van der Waals surface area contributed by atoms with Crippen LogP contribution in [0.15, 0.2) is 0 Å². The summed E-state index contributed by atoms with van der Waals surface area (Å²) in [6, 6.07) is 1.44. The number of rotatable bonds is 0. The number of nitrogens with two attached hydrogens (primary N) is 6. The molecule has 22 heavy (non-hydrogen) atoms. The summed E-state index contributed by atoms with van der Waals surface area (Å²) in [7, 11) is 0. The van der Waals surface area contributed by atoms with Gasteiger partial charge in [0.1, 0.15) is 0 Å². The molecule has 0 aromatic carbocycles. The Balaban J connectivity index is -0.000000125. The van der Waals surface area contributed by atoms with Gasteiger partial charge in [-0.25, -0.2) is 0 Å². The second kappa shape index (κ2) is 15.3. The molecule has 10 heteroatoms.